The normalized spacial score (nSPS) is 12.3. The van der Waals surface area contributed by atoms with Crippen LogP contribution in [0.1, 0.15) is 49.4 Å². The van der Waals surface area contributed by atoms with Crippen molar-refractivity contribution in [3.05, 3.63) is 64.7 Å². The van der Waals surface area contributed by atoms with Crippen LogP contribution in [0.4, 0.5) is 5.69 Å². The molecule has 35 heavy (non-hydrogen) atoms. The number of rotatable bonds is 11. The van der Waals surface area contributed by atoms with Crippen LogP contribution in [0.3, 0.4) is 0 Å². The highest BCUT2D eigenvalue weighted by atomic mass is 32.2. The zero-order chi connectivity index (χ0) is 26.3. The quantitative estimate of drug-likeness (QED) is 0.505. The molecule has 2 amide bonds. The Morgan fingerprint density at radius 1 is 1.00 bits per heavy atom. The van der Waals surface area contributed by atoms with Gasteiger partial charge in [-0.25, -0.2) is 8.42 Å². The highest BCUT2D eigenvalue weighted by Gasteiger charge is 2.32. The summed E-state index contributed by atoms with van der Waals surface area (Å²) in [6.45, 7) is 11.9. The monoisotopic (exact) mass is 501 g/mol. The molecule has 1 unspecified atom stereocenters. The summed E-state index contributed by atoms with van der Waals surface area (Å²) in [5.74, 6) is -0.398. The van der Waals surface area contributed by atoms with Gasteiger partial charge in [-0.15, -0.1) is 0 Å². The zero-order valence-electron chi connectivity index (χ0n) is 22.0. The van der Waals surface area contributed by atoms with Crippen LogP contribution in [0.2, 0.25) is 0 Å². The molecule has 0 aliphatic heterocycles. The summed E-state index contributed by atoms with van der Waals surface area (Å²) in [7, 11) is -3.75. The molecule has 7 nitrogen and oxygen atoms in total. The molecular formula is C27H39N3O4S. The van der Waals surface area contributed by atoms with Crippen molar-refractivity contribution in [3.8, 4) is 0 Å². The van der Waals surface area contributed by atoms with Gasteiger partial charge in [0.2, 0.25) is 21.8 Å². The van der Waals surface area contributed by atoms with Gasteiger partial charge in [-0.1, -0.05) is 62.7 Å². The van der Waals surface area contributed by atoms with E-state index in [1.807, 2.05) is 71.9 Å². The van der Waals surface area contributed by atoms with E-state index in [0.717, 1.165) is 32.8 Å². The van der Waals surface area contributed by atoms with E-state index in [0.29, 0.717) is 18.7 Å². The lowest BCUT2D eigenvalue weighted by molar-refractivity contribution is -0.140. The van der Waals surface area contributed by atoms with Gasteiger partial charge in [0.1, 0.15) is 12.6 Å². The number of hydrogen-bond donors (Lipinski definition) is 1. The number of sulfonamides is 1. The van der Waals surface area contributed by atoms with Crippen LogP contribution in [0.5, 0.6) is 0 Å². The van der Waals surface area contributed by atoms with Crippen molar-refractivity contribution in [1.82, 2.24) is 10.2 Å². The molecule has 2 aromatic carbocycles. The van der Waals surface area contributed by atoms with Crippen LogP contribution in [0.15, 0.2) is 42.5 Å². The van der Waals surface area contributed by atoms with Crippen molar-refractivity contribution in [1.29, 1.82) is 0 Å². The Morgan fingerprint density at radius 3 is 2.17 bits per heavy atom. The van der Waals surface area contributed by atoms with E-state index in [1.165, 1.54) is 4.90 Å². The maximum atomic E-state index is 13.7. The first kappa shape index (κ1) is 28.4. The van der Waals surface area contributed by atoms with Crippen molar-refractivity contribution in [2.45, 2.75) is 60.5 Å². The molecule has 0 aliphatic rings. The number of carbonyl (C=O) groups is 2. The lowest BCUT2D eigenvalue weighted by atomic mass is 10.1. The van der Waals surface area contributed by atoms with Crippen LogP contribution in [-0.2, 0) is 26.2 Å². The summed E-state index contributed by atoms with van der Waals surface area (Å²) in [6, 6.07) is 12.4. The lowest BCUT2D eigenvalue weighted by Gasteiger charge is -2.33. The molecule has 0 spiro atoms. The molecule has 0 radical (unpaired) electrons. The Labute approximate surface area is 210 Å². The molecule has 192 valence electrons. The summed E-state index contributed by atoms with van der Waals surface area (Å²) in [4.78, 5) is 28.3. The number of nitrogens with one attached hydrogen (secondary N) is 1. The first-order chi connectivity index (χ1) is 16.3. The SMILES string of the molecule is CCC(C(=O)NCC(C)C)N(Cc1ccc(C)cc1)C(=O)CN(c1cccc(C)c1C)S(C)(=O)=O. The number of nitrogens with zero attached hydrogens (tertiary/aromatic N) is 2. The molecule has 8 heteroatoms. The van der Waals surface area contributed by atoms with Crippen LogP contribution in [-0.4, -0.2) is 50.5 Å². The minimum Gasteiger partial charge on any atom is -0.354 e. The van der Waals surface area contributed by atoms with Gasteiger partial charge in [-0.2, -0.15) is 0 Å². The highest BCUT2D eigenvalue weighted by Crippen LogP contribution is 2.25. The summed E-state index contributed by atoms with van der Waals surface area (Å²) >= 11 is 0. The van der Waals surface area contributed by atoms with Crippen LogP contribution >= 0.6 is 0 Å². The molecule has 1 atom stereocenters. The number of hydrogen-bond acceptors (Lipinski definition) is 4. The van der Waals surface area contributed by atoms with Crippen LogP contribution in [0.25, 0.3) is 0 Å². The number of benzene rings is 2. The summed E-state index contributed by atoms with van der Waals surface area (Å²) in [5, 5.41) is 2.93. The Kier molecular flexibility index (Phi) is 9.89. The second kappa shape index (κ2) is 12.2. The third kappa shape index (κ3) is 7.82. The standard InChI is InChI=1S/C27H39N3O4S/c1-8-24(27(32)28-16-19(2)3)29(17-23-14-12-20(4)13-15-23)26(31)18-30(35(7,33)34)25-11-9-10-21(5)22(25)6/h9-15,19,24H,8,16-18H2,1-7H3,(H,28,32). The predicted octanol–water partition coefficient (Wildman–Crippen LogP) is 3.96. The third-order valence-corrected chi connectivity index (χ3v) is 7.19. The molecule has 0 saturated heterocycles. The fourth-order valence-corrected chi connectivity index (χ4v) is 4.73. The van der Waals surface area contributed by atoms with Crippen molar-refractivity contribution in [2.75, 3.05) is 23.7 Å². The maximum Gasteiger partial charge on any atom is 0.244 e. The predicted molar refractivity (Wildman–Crippen MR) is 142 cm³/mol. The smallest absolute Gasteiger partial charge is 0.244 e. The minimum atomic E-state index is -3.75. The number of aryl methyl sites for hydroxylation is 2. The molecular weight excluding hydrogens is 462 g/mol. The van der Waals surface area contributed by atoms with E-state index >= 15 is 0 Å². The van der Waals surface area contributed by atoms with E-state index in [4.69, 9.17) is 0 Å². The zero-order valence-corrected chi connectivity index (χ0v) is 22.8. The van der Waals surface area contributed by atoms with Gasteiger partial charge in [0, 0.05) is 13.1 Å². The fraction of sp³-hybridized carbons (Fsp3) is 0.481. The van der Waals surface area contributed by atoms with Crippen LogP contribution in [0, 0.1) is 26.7 Å². The molecule has 0 aromatic heterocycles. The molecule has 1 N–H and O–H groups in total. The van der Waals surface area contributed by atoms with E-state index in [-0.39, 0.29) is 24.9 Å². The maximum absolute atomic E-state index is 13.7. The van der Waals surface area contributed by atoms with Crippen molar-refractivity contribution < 1.29 is 18.0 Å². The second-order valence-corrected chi connectivity index (χ2v) is 11.5. The Bertz CT molecular complexity index is 1130. The average molecular weight is 502 g/mol. The topological polar surface area (TPSA) is 86.8 Å². The molecule has 0 bridgehead atoms. The Hall–Kier alpha value is -2.87. The Balaban J connectivity index is 2.45. The van der Waals surface area contributed by atoms with Gasteiger partial charge in [0.05, 0.1) is 11.9 Å². The molecule has 0 fully saturated rings. The van der Waals surface area contributed by atoms with Gasteiger partial charge in [0.25, 0.3) is 0 Å². The van der Waals surface area contributed by atoms with Gasteiger partial charge in [-0.05, 0) is 55.9 Å². The molecule has 2 rings (SSSR count). The second-order valence-electron chi connectivity index (χ2n) is 9.56. The first-order valence-corrected chi connectivity index (χ1v) is 13.9. The third-order valence-electron chi connectivity index (χ3n) is 6.07. The van der Waals surface area contributed by atoms with Gasteiger partial charge >= 0.3 is 0 Å². The van der Waals surface area contributed by atoms with Crippen LogP contribution < -0.4 is 9.62 Å². The Morgan fingerprint density at radius 2 is 1.63 bits per heavy atom. The average Bonchev–Trinajstić information content (AvgIpc) is 2.78. The van der Waals surface area contributed by atoms with Gasteiger partial charge in [0.15, 0.2) is 0 Å². The minimum absolute atomic E-state index is 0.205. The molecule has 0 saturated carbocycles. The van der Waals surface area contributed by atoms with Gasteiger partial charge in [-0.3, -0.25) is 13.9 Å². The van der Waals surface area contributed by atoms with E-state index in [2.05, 4.69) is 5.32 Å². The number of carbonyl (C=O) groups excluding carboxylic acids is 2. The molecule has 0 aliphatic carbocycles. The van der Waals surface area contributed by atoms with Crippen molar-refractivity contribution in [3.63, 3.8) is 0 Å². The highest BCUT2D eigenvalue weighted by molar-refractivity contribution is 7.92. The van der Waals surface area contributed by atoms with Gasteiger partial charge < -0.3 is 10.2 Å². The van der Waals surface area contributed by atoms with E-state index in [9.17, 15) is 18.0 Å². The van der Waals surface area contributed by atoms with Crippen molar-refractivity contribution >= 4 is 27.5 Å². The van der Waals surface area contributed by atoms with E-state index < -0.39 is 22.0 Å². The number of amides is 2. The van der Waals surface area contributed by atoms with E-state index in [1.54, 1.807) is 12.1 Å². The fourth-order valence-electron chi connectivity index (χ4n) is 3.83. The molecule has 2 aromatic rings. The largest absolute Gasteiger partial charge is 0.354 e. The van der Waals surface area contributed by atoms with Crippen molar-refractivity contribution in [2.24, 2.45) is 5.92 Å². The molecule has 0 heterocycles. The first-order valence-electron chi connectivity index (χ1n) is 12.0. The summed E-state index contributed by atoms with van der Waals surface area (Å²) in [6.07, 6.45) is 1.50. The number of anilines is 1. The lowest BCUT2D eigenvalue weighted by Crippen LogP contribution is -2.52. The summed E-state index contributed by atoms with van der Waals surface area (Å²) < 4.78 is 26.7. The summed E-state index contributed by atoms with van der Waals surface area (Å²) in [5.41, 5.74) is 4.15.